The zero-order chi connectivity index (χ0) is 20.3. The van der Waals surface area contributed by atoms with Crippen molar-refractivity contribution in [2.45, 2.75) is 45.3 Å². The second-order valence-corrected chi connectivity index (χ2v) is 5.81. The number of carbonyl (C=O) groups excluding carboxylic acids is 1. The molecule has 0 heterocycles. The summed E-state index contributed by atoms with van der Waals surface area (Å²) < 4.78 is 56.8. The van der Waals surface area contributed by atoms with Crippen LogP contribution in [-0.4, -0.2) is 32.1 Å². The van der Waals surface area contributed by atoms with Crippen LogP contribution in [0, 0.1) is 5.82 Å². The highest BCUT2D eigenvalue weighted by atomic mass is 127. The van der Waals surface area contributed by atoms with Crippen molar-refractivity contribution >= 4 is 35.9 Å². The molecule has 0 aromatic heterocycles. The number of methoxy groups -OCH3 is 1. The number of aliphatic imine (C=N–C) groups is 1. The number of carbonyl (C=O) groups is 1. The molecule has 0 unspecified atom stereocenters. The van der Waals surface area contributed by atoms with Crippen molar-refractivity contribution in [2.24, 2.45) is 4.99 Å². The Kier molecular flexibility index (Phi) is 12.8. The van der Waals surface area contributed by atoms with Gasteiger partial charge >= 0.3 is 12.1 Å². The van der Waals surface area contributed by atoms with E-state index in [0.717, 1.165) is 25.0 Å². The van der Waals surface area contributed by atoms with Crippen LogP contribution in [-0.2, 0) is 22.3 Å². The van der Waals surface area contributed by atoms with Crippen LogP contribution < -0.4 is 10.6 Å². The molecule has 0 atom stereocenters. The van der Waals surface area contributed by atoms with Gasteiger partial charge in [0.15, 0.2) is 5.96 Å². The lowest BCUT2D eigenvalue weighted by Gasteiger charge is -2.14. The lowest BCUT2D eigenvalue weighted by atomic mass is 10.1. The molecule has 1 aromatic rings. The van der Waals surface area contributed by atoms with Crippen LogP contribution in [0.4, 0.5) is 17.6 Å². The van der Waals surface area contributed by atoms with Crippen molar-refractivity contribution in [2.75, 3.05) is 20.2 Å². The molecular weight excluding hydrogens is 493 g/mol. The fourth-order valence-electron chi connectivity index (χ4n) is 2.34. The maximum atomic E-state index is 13.1. The SMILES string of the molecule is CCNC(=NCc1ccc(F)cc1C(F)(F)F)NCCCCCC(=O)OC.I. The van der Waals surface area contributed by atoms with E-state index in [1.807, 2.05) is 6.92 Å². The summed E-state index contributed by atoms with van der Waals surface area (Å²) in [5, 5.41) is 5.98. The quantitative estimate of drug-likeness (QED) is 0.128. The van der Waals surface area contributed by atoms with Gasteiger partial charge in [0.2, 0.25) is 0 Å². The van der Waals surface area contributed by atoms with Gasteiger partial charge in [-0.15, -0.1) is 24.0 Å². The summed E-state index contributed by atoms with van der Waals surface area (Å²) in [6.45, 7) is 2.71. The average Bonchev–Trinajstić information content (AvgIpc) is 2.62. The van der Waals surface area contributed by atoms with E-state index in [0.29, 0.717) is 38.0 Å². The second-order valence-electron chi connectivity index (χ2n) is 5.81. The van der Waals surface area contributed by atoms with Gasteiger partial charge in [-0.1, -0.05) is 12.5 Å². The van der Waals surface area contributed by atoms with Crippen molar-refractivity contribution < 1.29 is 27.1 Å². The van der Waals surface area contributed by atoms with Crippen molar-refractivity contribution in [3.8, 4) is 0 Å². The first-order valence-corrected chi connectivity index (χ1v) is 8.72. The number of nitrogens with one attached hydrogen (secondary N) is 2. The number of guanidine groups is 1. The van der Waals surface area contributed by atoms with Crippen molar-refractivity contribution in [3.05, 3.63) is 35.1 Å². The van der Waals surface area contributed by atoms with Gasteiger partial charge in [-0.05, 0) is 37.5 Å². The first-order valence-electron chi connectivity index (χ1n) is 8.72. The minimum Gasteiger partial charge on any atom is -0.469 e. The summed E-state index contributed by atoms with van der Waals surface area (Å²) in [5.74, 6) is -0.812. The molecule has 5 nitrogen and oxygen atoms in total. The van der Waals surface area contributed by atoms with E-state index in [4.69, 9.17) is 0 Å². The van der Waals surface area contributed by atoms with Gasteiger partial charge < -0.3 is 15.4 Å². The van der Waals surface area contributed by atoms with Gasteiger partial charge in [-0.2, -0.15) is 13.2 Å². The lowest BCUT2D eigenvalue weighted by molar-refractivity contribution is -0.141. The monoisotopic (exact) mass is 519 g/mol. The lowest BCUT2D eigenvalue weighted by Crippen LogP contribution is -2.37. The molecule has 0 radical (unpaired) electrons. The normalized spacial score (nSPS) is 11.6. The Labute approximate surface area is 179 Å². The molecule has 28 heavy (non-hydrogen) atoms. The summed E-state index contributed by atoms with van der Waals surface area (Å²) in [4.78, 5) is 15.2. The number of rotatable bonds is 9. The highest BCUT2D eigenvalue weighted by Gasteiger charge is 2.33. The first-order chi connectivity index (χ1) is 12.8. The number of hydrogen-bond acceptors (Lipinski definition) is 3. The predicted octanol–water partition coefficient (Wildman–Crippen LogP) is 4.25. The number of halogens is 5. The molecule has 0 saturated carbocycles. The average molecular weight is 519 g/mol. The number of hydrogen-bond donors (Lipinski definition) is 2. The van der Waals surface area contributed by atoms with Crippen LogP contribution in [0.15, 0.2) is 23.2 Å². The molecule has 160 valence electrons. The van der Waals surface area contributed by atoms with Crippen molar-refractivity contribution in [1.29, 1.82) is 0 Å². The van der Waals surface area contributed by atoms with Crippen LogP contribution in [0.1, 0.15) is 43.7 Å². The molecule has 0 bridgehead atoms. The molecule has 1 aromatic carbocycles. The Morgan fingerprint density at radius 2 is 1.89 bits per heavy atom. The third-order valence-corrected chi connectivity index (χ3v) is 3.71. The number of nitrogens with zero attached hydrogens (tertiary/aromatic N) is 1. The second kappa shape index (κ2) is 13.6. The molecule has 0 saturated heterocycles. The largest absolute Gasteiger partial charge is 0.469 e. The highest BCUT2D eigenvalue weighted by molar-refractivity contribution is 14.0. The van der Waals surface area contributed by atoms with Crippen molar-refractivity contribution in [1.82, 2.24) is 10.6 Å². The predicted molar refractivity (Wildman–Crippen MR) is 110 cm³/mol. The summed E-state index contributed by atoms with van der Waals surface area (Å²) in [6.07, 6.45) is -2.01. The molecular formula is C18H26F4IN3O2. The van der Waals surface area contributed by atoms with Gasteiger partial charge in [0.1, 0.15) is 5.82 Å². The number of benzene rings is 1. The standard InChI is InChI=1S/C18H25F4N3O2.HI/c1-3-23-17(24-10-6-4-5-7-16(26)27-2)25-12-13-8-9-14(19)11-15(13)18(20,21)22;/h8-9,11H,3-7,10,12H2,1-2H3,(H2,23,24,25);1H. The van der Waals surface area contributed by atoms with Crippen LogP contribution >= 0.6 is 24.0 Å². The first kappa shape index (κ1) is 26.4. The number of esters is 1. The molecule has 1 rings (SSSR count). The Morgan fingerprint density at radius 1 is 1.18 bits per heavy atom. The third kappa shape index (κ3) is 10.1. The topological polar surface area (TPSA) is 62.7 Å². The Bertz CT molecular complexity index is 640. The van der Waals surface area contributed by atoms with Crippen LogP contribution in [0.3, 0.4) is 0 Å². The van der Waals surface area contributed by atoms with E-state index < -0.39 is 17.6 Å². The van der Waals surface area contributed by atoms with Gasteiger partial charge in [-0.3, -0.25) is 4.79 Å². The third-order valence-electron chi connectivity index (χ3n) is 3.71. The molecule has 0 aliphatic rings. The van der Waals surface area contributed by atoms with Crippen LogP contribution in [0.5, 0.6) is 0 Å². The highest BCUT2D eigenvalue weighted by Crippen LogP contribution is 2.32. The zero-order valence-electron chi connectivity index (χ0n) is 15.9. The smallest absolute Gasteiger partial charge is 0.416 e. The van der Waals surface area contributed by atoms with Gasteiger partial charge in [0.25, 0.3) is 0 Å². The summed E-state index contributed by atoms with van der Waals surface area (Å²) in [5.41, 5.74) is -1.12. The van der Waals surface area contributed by atoms with Gasteiger partial charge in [0.05, 0.1) is 19.2 Å². The molecule has 0 aliphatic heterocycles. The summed E-state index contributed by atoms with van der Waals surface area (Å²) >= 11 is 0. The molecule has 0 fully saturated rings. The van der Waals surface area contributed by atoms with Gasteiger partial charge in [-0.25, -0.2) is 9.38 Å². The fraction of sp³-hybridized carbons (Fsp3) is 0.556. The van der Waals surface area contributed by atoms with E-state index in [1.54, 1.807) is 0 Å². The van der Waals surface area contributed by atoms with E-state index in [1.165, 1.54) is 7.11 Å². The fourth-order valence-corrected chi connectivity index (χ4v) is 2.34. The molecule has 10 heteroatoms. The molecule has 2 N–H and O–H groups in total. The van der Waals surface area contributed by atoms with Crippen molar-refractivity contribution in [3.63, 3.8) is 0 Å². The molecule has 0 aliphatic carbocycles. The van der Waals surface area contributed by atoms with E-state index in [-0.39, 0.29) is 42.1 Å². The number of alkyl halides is 3. The number of ether oxygens (including phenoxy) is 1. The zero-order valence-corrected chi connectivity index (χ0v) is 18.2. The Hall–Kier alpha value is -1.59. The van der Waals surface area contributed by atoms with E-state index in [9.17, 15) is 22.4 Å². The van der Waals surface area contributed by atoms with Crippen LogP contribution in [0.25, 0.3) is 0 Å². The van der Waals surface area contributed by atoms with E-state index >= 15 is 0 Å². The Morgan fingerprint density at radius 3 is 2.50 bits per heavy atom. The van der Waals surface area contributed by atoms with E-state index in [2.05, 4.69) is 20.4 Å². The van der Waals surface area contributed by atoms with Crippen LogP contribution in [0.2, 0.25) is 0 Å². The Balaban J connectivity index is 0.00000729. The maximum Gasteiger partial charge on any atom is 0.416 e. The minimum atomic E-state index is -4.64. The molecule has 0 amide bonds. The summed E-state index contributed by atoms with van der Waals surface area (Å²) in [6, 6.07) is 2.56. The van der Waals surface area contributed by atoms with Gasteiger partial charge in [0, 0.05) is 19.5 Å². The molecule has 0 spiro atoms. The maximum absolute atomic E-state index is 13.1. The summed E-state index contributed by atoms with van der Waals surface area (Å²) in [7, 11) is 1.34. The minimum absolute atomic E-state index is 0. The number of unbranched alkanes of at least 4 members (excludes halogenated alkanes) is 2.